The van der Waals surface area contributed by atoms with E-state index < -0.39 is 6.04 Å². The molecule has 2 aromatic heterocycles. The second-order valence-corrected chi connectivity index (χ2v) is 6.34. The molecule has 0 spiro atoms. The third-order valence-corrected chi connectivity index (χ3v) is 4.78. The molecule has 0 radical (unpaired) electrons. The van der Waals surface area contributed by atoms with Gasteiger partial charge in [0.05, 0.1) is 22.1 Å². The van der Waals surface area contributed by atoms with Gasteiger partial charge in [-0.05, 0) is 34.6 Å². The van der Waals surface area contributed by atoms with Crippen LogP contribution in [0.15, 0.2) is 0 Å². The van der Waals surface area contributed by atoms with Crippen molar-refractivity contribution in [2.75, 3.05) is 5.32 Å². The third-order valence-electron chi connectivity index (χ3n) is 3.24. The van der Waals surface area contributed by atoms with Gasteiger partial charge in [-0.3, -0.25) is 9.48 Å². The lowest BCUT2D eigenvalue weighted by molar-refractivity contribution is -0.119. The molecule has 0 saturated carbocycles. The molecule has 0 aliphatic rings. The number of hydrogen-bond donors (Lipinski definition) is 1. The highest BCUT2D eigenvalue weighted by Gasteiger charge is 2.21. The summed E-state index contributed by atoms with van der Waals surface area (Å²) in [5.74, 6) is -0.152. The van der Waals surface area contributed by atoms with Gasteiger partial charge in [0, 0.05) is 4.88 Å². The average molecular weight is 313 g/mol. The fourth-order valence-corrected chi connectivity index (χ4v) is 2.81. The number of thiazole rings is 1. The molecule has 0 aliphatic carbocycles. The highest BCUT2D eigenvalue weighted by atomic mass is 35.5. The number of carbonyl (C=O) groups excluding carboxylic acids is 1. The molecule has 0 bridgehead atoms. The summed E-state index contributed by atoms with van der Waals surface area (Å²) < 4.78 is 1.64. The Balaban J connectivity index is 2.18. The number of hydrogen-bond acceptors (Lipinski definition) is 4. The Kier molecular flexibility index (Phi) is 4.15. The van der Waals surface area contributed by atoms with Gasteiger partial charge in [0.25, 0.3) is 5.91 Å². The van der Waals surface area contributed by atoms with Gasteiger partial charge in [0.15, 0.2) is 5.13 Å². The molecule has 0 fully saturated rings. The molecular formula is C13H17ClN4OS. The van der Waals surface area contributed by atoms with Crippen LogP contribution in [0.3, 0.4) is 0 Å². The molecule has 2 heterocycles. The smallest absolute Gasteiger partial charge is 0.250 e. The fraction of sp³-hybridized carbons (Fsp3) is 0.462. The quantitative estimate of drug-likeness (QED) is 0.944. The van der Waals surface area contributed by atoms with E-state index in [1.54, 1.807) is 11.6 Å². The van der Waals surface area contributed by atoms with E-state index in [-0.39, 0.29) is 5.91 Å². The van der Waals surface area contributed by atoms with Gasteiger partial charge < -0.3 is 5.32 Å². The van der Waals surface area contributed by atoms with Crippen molar-refractivity contribution < 1.29 is 4.79 Å². The lowest BCUT2D eigenvalue weighted by Gasteiger charge is -2.13. The molecule has 5 nitrogen and oxygen atoms in total. The van der Waals surface area contributed by atoms with Crippen LogP contribution in [0.4, 0.5) is 5.13 Å². The predicted molar refractivity (Wildman–Crippen MR) is 81.6 cm³/mol. The van der Waals surface area contributed by atoms with Gasteiger partial charge in [0.1, 0.15) is 6.04 Å². The van der Waals surface area contributed by atoms with E-state index in [9.17, 15) is 4.79 Å². The molecular weight excluding hydrogens is 296 g/mol. The monoisotopic (exact) mass is 312 g/mol. The van der Waals surface area contributed by atoms with E-state index in [1.807, 2.05) is 27.7 Å². The SMILES string of the molecule is Cc1nc(NC(=O)C(C)n2nc(C)c(Cl)c2C)sc1C. The van der Waals surface area contributed by atoms with Crippen molar-refractivity contribution in [1.82, 2.24) is 14.8 Å². The van der Waals surface area contributed by atoms with Crippen LogP contribution >= 0.6 is 22.9 Å². The zero-order valence-electron chi connectivity index (χ0n) is 12.1. The second-order valence-electron chi connectivity index (χ2n) is 4.76. The van der Waals surface area contributed by atoms with Crippen LogP contribution in [0.25, 0.3) is 0 Å². The van der Waals surface area contributed by atoms with E-state index in [2.05, 4.69) is 15.4 Å². The van der Waals surface area contributed by atoms with Gasteiger partial charge in [-0.25, -0.2) is 4.98 Å². The van der Waals surface area contributed by atoms with Crippen LogP contribution in [0.5, 0.6) is 0 Å². The minimum atomic E-state index is -0.439. The molecule has 1 atom stereocenters. The van der Waals surface area contributed by atoms with Gasteiger partial charge in [-0.2, -0.15) is 5.10 Å². The second kappa shape index (κ2) is 5.54. The average Bonchev–Trinajstić information content (AvgIpc) is 2.83. The van der Waals surface area contributed by atoms with Crippen molar-refractivity contribution in [3.8, 4) is 0 Å². The third kappa shape index (κ3) is 2.71. The summed E-state index contributed by atoms with van der Waals surface area (Å²) in [5.41, 5.74) is 2.45. The Labute approximate surface area is 127 Å². The molecule has 20 heavy (non-hydrogen) atoms. The summed E-state index contributed by atoms with van der Waals surface area (Å²) in [6.07, 6.45) is 0. The van der Waals surface area contributed by atoms with Crippen LogP contribution in [0, 0.1) is 27.7 Å². The first-order valence-corrected chi connectivity index (χ1v) is 7.46. The first-order valence-electron chi connectivity index (χ1n) is 6.27. The van der Waals surface area contributed by atoms with Crippen molar-refractivity contribution in [3.63, 3.8) is 0 Å². The number of anilines is 1. The lowest BCUT2D eigenvalue weighted by Crippen LogP contribution is -2.25. The van der Waals surface area contributed by atoms with Crippen LogP contribution in [0.1, 0.15) is 34.9 Å². The summed E-state index contributed by atoms with van der Waals surface area (Å²) >= 11 is 7.58. The molecule has 0 aliphatic heterocycles. The summed E-state index contributed by atoms with van der Waals surface area (Å²) in [6.45, 7) is 9.37. The molecule has 0 saturated heterocycles. The van der Waals surface area contributed by atoms with Crippen LogP contribution in [0.2, 0.25) is 5.02 Å². The highest BCUT2D eigenvalue weighted by Crippen LogP contribution is 2.25. The Morgan fingerprint density at radius 1 is 1.30 bits per heavy atom. The minimum absolute atomic E-state index is 0.152. The van der Waals surface area contributed by atoms with E-state index in [0.29, 0.717) is 10.2 Å². The Morgan fingerprint density at radius 2 is 1.95 bits per heavy atom. The zero-order valence-corrected chi connectivity index (χ0v) is 13.7. The number of amides is 1. The lowest BCUT2D eigenvalue weighted by atomic mass is 10.3. The van der Waals surface area contributed by atoms with E-state index in [1.165, 1.54) is 11.3 Å². The summed E-state index contributed by atoms with van der Waals surface area (Å²) in [5, 5.41) is 8.34. The summed E-state index contributed by atoms with van der Waals surface area (Å²) in [4.78, 5) is 17.7. The topological polar surface area (TPSA) is 59.8 Å². The maximum atomic E-state index is 12.3. The molecule has 2 rings (SSSR count). The largest absolute Gasteiger partial charge is 0.300 e. The van der Waals surface area contributed by atoms with Crippen LogP contribution in [-0.4, -0.2) is 20.7 Å². The highest BCUT2D eigenvalue weighted by molar-refractivity contribution is 7.15. The number of nitrogens with zero attached hydrogens (tertiary/aromatic N) is 3. The standard InChI is InChI=1S/C13H17ClN4OS/c1-6-10(5)20-13(15-6)16-12(19)9(4)18-8(3)11(14)7(2)17-18/h9H,1-5H3,(H,15,16,19). The van der Waals surface area contributed by atoms with Crippen molar-refractivity contribution in [2.45, 2.75) is 40.7 Å². The number of aryl methyl sites for hydroxylation is 3. The Hall–Kier alpha value is -1.40. The van der Waals surface area contributed by atoms with Crippen molar-refractivity contribution >= 4 is 34.0 Å². The molecule has 1 amide bonds. The number of rotatable bonds is 3. The maximum Gasteiger partial charge on any atom is 0.250 e. The summed E-state index contributed by atoms with van der Waals surface area (Å²) in [7, 11) is 0. The van der Waals surface area contributed by atoms with E-state index in [4.69, 9.17) is 11.6 Å². The Morgan fingerprint density at radius 3 is 2.40 bits per heavy atom. The van der Waals surface area contributed by atoms with Crippen LogP contribution < -0.4 is 5.32 Å². The van der Waals surface area contributed by atoms with E-state index in [0.717, 1.165) is 22.0 Å². The van der Waals surface area contributed by atoms with Crippen molar-refractivity contribution in [3.05, 3.63) is 27.0 Å². The predicted octanol–water partition coefficient (Wildman–Crippen LogP) is 3.43. The molecule has 2 aromatic rings. The normalized spacial score (nSPS) is 12.5. The Bertz CT molecular complexity index is 642. The van der Waals surface area contributed by atoms with E-state index >= 15 is 0 Å². The van der Waals surface area contributed by atoms with Crippen molar-refractivity contribution in [1.29, 1.82) is 0 Å². The van der Waals surface area contributed by atoms with Gasteiger partial charge >= 0.3 is 0 Å². The summed E-state index contributed by atoms with van der Waals surface area (Å²) in [6, 6.07) is -0.439. The van der Waals surface area contributed by atoms with Gasteiger partial charge in [0.2, 0.25) is 0 Å². The zero-order chi connectivity index (χ0) is 15.0. The molecule has 1 unspecified atom stereocenters. The van der Waals surface area contributed by atoms with Crippen molar-refractivity contribution in [2.24, 2.45) is 0 Å². The maximum absolute atomic E-state index is 12.3. The van der Waals surface area contributed by atoms with Gasteiger partial charge in [-0.15, -0.1) is 11.3 Å². The van der Waals surface area contributed by atoms with Crippen LogP contribution in [-0.2, 0) is 4.79 Å². The molecule has 108 valence electrons. The van der Waals surface area contributed by atoms with Gasteiger partial charge in [-0.1, -0.05) is 11.6 Å². The first kappa shape index (κ1) is 15.0. The fourth-order valence-electron chi connectivity index (χ4n) is 1.87. The number of aromatic nitrogens is 3. The number of carbonyl (C=O) groups is 1. The number of nitrogens with one attached hydrogen (secondary N) is 1. The molecule has 0 aromatic carbocycles. The molecule has 7 heteroatoms. The molecule has 1 N–H and O–H groups in total. The first-order chi connectivity index (χ1) is 9.31. The number of halogens is 1. The minimum Gasteiger partial charge on any atom is -0.300 e.